The number of carbonyl (C=O) groups excluding carboxylic acids is 1. The van der Waals surface area contributed by atoms with Gasteiger partial charge in [-0.15, -0.1) is 0 Å². The van der Waals surface area contributed by atoms with E-state index in [9.17, 15) is 4.79 Å². The Morgan fingerprint density at radius 2 is 1.96 bits per heavy atom. The van der Waals surface area contributed by atoms with Gasteiger partial charge in [-0.2, -0.15) is 0 Å². The van der Waals surface area contributed by atoms with Crippen LogP contribution in [0.3, 0.4) is 0 Å². The number of aromatic nitrogens is 1. The largest absolute Gasteiger partial charge is 0.497 e. The normalized spacial score (nSPS) is 16.8. The molecule has 0 atom stereocenters. The number of ether oxygens (including phenoxy) is 2. The molecule has 142 valence electrons. The Kier molecular flexibility index (Phi) is 4.83. The Balaban J connectivity index is 1.66. The number of para-hydroxylation sites is 1. The summed E-state index contributed by atoms with van der Waals surface area (Å²) in [4.78, 5) is 17.6. The molecule has 1 N–H and O–H groups in total. The summed E-state index contributed by atoms with van der Waals surface area (Å²) in [5.41, 5.74) is 2.74. The number of methoxy groups -OCH3 is 2. The van der Waals surface area contributed by atoms with Gasteiger partial charge in [0.15, 0.2) is 5.17 Å². The van der Waals surface area contributed by atoms with Crippen molar-refractivity contribution in [2.75, 3.05) is 14.2 Å². The Morgan fingerprint density at radius 1 is 1.14 bits per heavy atom. The Hall–Kier alpha value is -3.19. The average molecular weight is 393 g/mol. The van der Waals surface area contributed by atoms with Crippen LogP contribution < -0.4 is 14.8 Å². The first kappa shape index (κ1) is 18.2. The fourth-order valence-corrected chi connectivity index (χ4v) is 3.92. The minimum atomic E-state index is -0.163. The van der Waals surface area contributed by atoms with E-state index in [1.807, 2.05) is 31.5 Å². The van der Waals surface area contributed by atoms with E-state index >= 15 is 0 Å². The van der Waals surface area contributed by atoms with Crippen molar-refractivity contribution >= 4 is 45.5 Å². The lowest BCUT2D eigenvalue weighted by atomic mass is 10.1. The molecule has 7 heteroatoms. The van der Waals surface area contributed by atoms with Gasteiger partial charge in [-0.3, -0.25) is 4.79 Å². The zero-order valence-corrected chi connectivity index (χ0v) is 16.5. The second kappa shape index (κ2) is 7.44. The van der Waals surface area contributed by atoms with Crippen LogP contribution in [-0.2, 0) is 11.8 Å². The van der Waals surface area contributed by atoms with Crippen molar-refractivity contribution in [2.45, 2.75) is 0 Å². The lowest BCUT2D eigenvalue weighted by Crippen LogP contribution is -2.19. The van der Waals surface area contributed by atoms with E-state index in [4.69, 9.17) is 9.47 Å². The third kappa shape index (κ3) is 3.36. The van der Waals surface area contributed by atoms with Crippen molar-refractivity contribution < 1.29 is 14.3 Å². The number of hydrogen-bond donors (Lipinski definition) is 1. The number of nitrogens with zero attached hydrogens (tertiary/aromatic N) is 2. The first-order valence-corrected chi connectivity index (χ1v) is 9.46. The summed E-state index contributed by atoms with van der Waals surface area (Å²) in [6.45, 7) is 0. The molecular formula is C21H19N3O3S. The molecule has 0 bridgehead atoms. The predicted octanol–water partition coefficient (Wildman–Crippen LogP) is 4.09. The van der Waals surface area contributed by atoms with Crippen LogP contribution in [0.4, 0.5) is 5.69 Å². The molecule has 1 saturated heterocycles. The Bertz CT molecular complexity index is 1130. The fourth-order valence-electron chi connectivity index (χ4n) is 3.10. The third-order valence-electron chi connectivity index (χ3n) is 4.47. The van der Waals surface area contributed by atoms with E-state index in [-0.39, 0.29) is 5.91 Å². The number of carbonyl (C=O) groups is 1. The predicted molar refractivity (Wildman–Crippen MR) is 113 cm³/mol. The number of fused-ring (bicyclic) bond motifs is 1. The third-order valence-corrected chi connectivity index (χ3v) is 5.38. The topological polar surface area (TPSA) is 64.8 Å². The van der Waals surface area contributed by atoms with Gasteiger partial charge in [-0.25, -0.2) is 4.99 Å². The molecule has 3 aromatic rings. The number of aryl methyl sites for hydroxylation is 1. The Morgan fingerprint density at radius 3 is 2.75 bits per heavy atom. The molecule has 4 rings (SSSR count). The van der Waals surface area contributed by atoms with E-state index < -0.39 is 0 Å². The summed E-state index contributed by atoms with van der Waals surface area (Å²) >= 11 is 1.31. The molecule has 1 aliphatic heterocycles. The van der Waals surface area contributed by atoms with E-state index in [0.717, 1.165) is 16.5 Å². The van der Waals surface area contributed by atoms with Crippen LogP contribution in [0.25, 0.3) is 17.0 Å². The van der Waals surface area contributed by atoms with E-state index in [1.54, 1.807) is 32.4 Å². The summed E-state index contributed by atoms with van der Waals surface area (Å²) in [6, 6.07) is 13.5. The minimum absolute atomic E-state index is 0.163. The van der Waals surface area contributed by atoms with E-state index in [0.29, 0.717) is 27.3 Å². The minimum Gasteiger partial charge on any atom is -0.497 e. The van der Waals surface area contributed by atoms with Crippen LogP contribution in [0.5, 0.6) is 11.5 Å². The highest BCUT2D eigenvalue weighted by Crippen LogP contribution is 2.35. The number of aliphatic imine (C=N–C) groups is 1. The SMILES string of the molecule is COc1ccc(N=C2NC(=O)C(=Cc3cn(C)c4ccccc34)S2)c(OC)c1. The number of nitrogens with one attached hydrogen (secondary N) is 1. The molecule has 28 heavy (non-hydrogen) atoms. The summed E-state index contributed by atoms with van der Waals surface area (Å²) in [7, 11) is 5.16. The zero-order chi connectivity index (χ0) is 19.7. The Labute approximate surface area is 166 Å². The first-order chi connectivity index (χ1) is 13.6. The van der Waals surface area contributed by atoms with Crippen LogP contribution >= 0.6 is 11.8 Å². The molecule has 0 radical (unpaired) electrons. The summed E-state index contributed by atoms with van der Waals surface area (Å²) in [5, 5.41) is 4.44. The maximum atomic E-state index is 12.4. The molecular weight excluding hydrogens is 374 g/mol. The second-order valence-corrected chi connectivity index (χ2v) is 7.26. The smallest absolute Gasteiger partial charge is 0.264 e. The van der Waals surface area contributed by atoms with Crippen LogP contribution in [-0.4, -0.2) is 29.9 Å². The van der Waals surface area contributed by atoms with Crippen molar-refractivity contribution in [1.82, 2.24) is 9.88 Å². The number of rotatable bonds is 4. The molecule has 2 heterocycles. The van der Waals surface area contributed by atoms with Gasteiger partial charge in [0, 0.05) is 35.8 Å². The van der Waals surface area contributed by atoms with Crippen LogP contribution in [0.15, 0.2) is 58.6 Å². The van der Waals surface area contributed by atoms with Gasteiger partial charge in [0.1, 0.15) is 17.2 Å². The first-order valence-electron chi connectivity index (χ1n) is 8.64. The van der Waals surface area contributed by atoms with Crippen LogP contribution in [0.2, 0.25) is 0 Å². The number of benzene rings is 2. The lowest BCUT2D eigenvalue weighted by molar-refractivity contribution is -0.115. The fraction of sp³-hybridized carbons (Fsp3) is 0.143. The standard InChI is InChI=1S/C21H19N3O3S/c1-24-12-13(15-6-4-5-7-17(15)24)10-19-20(25)23-21(28-19)22-16-9-8-14(26-2)11-18(16)27-3/h4-12H,1-3H3,(H,22,23,25). The monoisotopic (exact) mass is 393 g/mol. The molecule has 6 nitrogen and oxygen atoms in total. The second-order valence-electron chi connectivity index (χ2n) is 6.23. The lowest BCUT2D eigenvalue weighted by Gasteiger charge is -2.07. The highest BCUT2D eigenvalue weighted by molar-refractivity contribution is 8.18. The molecule has 1 fully saturated rings. The van der Waals surface area contributed by atoms with Gasteiger partial charge in [0.25, 0.3) is 5.91 Å². The van der Waals surface area contributed by atoms with Gasteiger partial charge < -0.3 is 19.4 Å². The van der Waals surface area contributed by atoms with Crippen molar-refractivity contribution in [3.8, 4) is 11.5 Å². The summed E-state index contributed by atoms with van der Waals surface area (Å²) in [6.07, 6.45) is 3.92. The van der Waals surface area contributed by atoms with Gasteiger partial charge in [-0.1, -0.05) is 18.2 Å². The maximum absolute atomic E-state index is 12.4. The highest BCUT2D eigenvalue weighted by atomic mass is 32.2. The van der Waals surface area contributed by atoms with E-state index in [1.165, 1.54) is 11.8 Å². The molecule has 2 aromatic carbocycles. The average Bonchev–Trinajstić information content (AvgIpc) is 3.22. The van der Waals surface area contributed by atoms with Crippen LogP contribution in [0, 0.1) is 0 Å². The number of hydrogen-bond acceptors (Lipinski definition) is 5. The molecule has 1 aromatic heterocycles. The maximum Gasteiger partial charge on any atom is 0.264 e. The number of amidine groups is 1. The molecule has 0 aliphatic carbocycles. The van der Waals surface area contributed by atoms with E-state index in [2.05, 4.69) is 27.0 Å². The van der Waals surface area contributed by atoms with Crippen molar-refractivity contribution in [3.05, 3.63) is 59.1 Å². The van der Waals surface area contributed by atoms with Crippen molar-refractivity contribution in [3.63, 3.8) is 0 Å². The number of amides is 1. The number of thioether (sulfide) groups is 1. The molecule has 0 unspecified atom stereocenters. The summed E-state index contributed by atoms with van der Waals surface area (Å²) < 4.78 is 12.6. The molecule has 0 spiro atoms. The highest BCUT2D eigenvalue weighted by Gasteiger charge is 2.24. The van der Waals surface area contributed by atoms with Gasteiger partial charge in [0.05, 0.1) is 19.1 Å². The molecule has 1 aliphatic rings. The van der Waals surface area contributed by atoms with Gasteiger partial charge in [-0.05, 0) is 36.0 Å². The summed E-state index contributed by atoms with van der Waals surface area (Å²) in [5.74, 6) is 1.10. The quantitative estimate of drug-likeness (QED) is 0.678. The van der Waals surface area contributed by atoms with Crippen LogP contribution in [0.1, 0.15) is 5.56 Å². The zero-order valence-electron chi connectivity index (χ0n) is 15.7. The van der Waals surface area contributed by atoms with Gasteiger partial charge >= 0.3 is 0 Å². The van der Waals surface area contributed by atoms with Crippen molar-refractivity contribution in [1.29, 1.82) is 0 Å². The molecule has 0 saturated carbocycles. The van der Waals surface area contributed by atoms with Gasteiger partial charge in [0.2, 0.25) is 0 Å². The van der Waals surface area contributed by atoms with Crippen molar-refractivity contribution in [2.24, 2.45) is 12.0 Å². The molecule has 1 amide bonds.